The van der Waals surface area contributed by atoms with E-state index < -0.39 is 0 Å². The summed E-state index contributed by atoms with van der Waals surface area (Å²) in [7, 11) is 0. The Morgan fingerprint density at radius 1 is 1.14 bits per heavy atom. The third-order valence-corrected chi connectivity index (χ3v) is 4.90. The Kier molecular flexibility index (Phi) is 5.08. The largest absolute Gasteiger partial charge is 0.348 e. The van der Waals surface area contributed by atoms with Gasteiger partial charge in [0.2, 0.25) is 0 Å². The van der Waals surface area contributed by atoms with Crippen molar-refractivity contribution in [1.82, 2.24) is 25.1 Å². The minimum atomic E-state index is -0.153. The van der Waals surface area contributed by atoms with Crippen molar-refractivity contribution in [1.29, 1.82) is 0 Å². The molecule has 4 aromatic rings. The maximum atomic E-state index is 13.1. The second-order valence-electron chi connectivity index (χ2n) is 7.33. The molecule has 6 nitrogen and oxygen atoms in total. The molecule has 0 spiro atoms. The molecule has 6 heteroatoms. The van der Waals surface area contributed by atoms with Crippen LogP contribution in [0, 0.1) is 6.92 Å². The maximum Gasteiger partial charge on any atom is 0.252 e. The minimum Gasteiger partial charge on any atom is -0.348 e. The van der Waals surface area contributed by atoms with E-state index >= 15 is 0 Å². The van der Waals surface area contributed by atoms with Crippen LogP contribution in [-0.4, -0.2) is 25.7 Å². The zero-order valence-corrected chi connectivity index (χ0v) is 16.8. The van der Waals surface area contributed by atoms with Crippen molar-refractivity contribution in [3.63, 3.8) is 0 Å². The number of carbonyl (C=O) groups is 1. The van der Waals surface area contributed by atoms with Gasteiger partial charge in [-0.3, -0.25) is 9.78 Å². The Hall–Kier alpha value is -3.54. The lowest BCUT2D eigenvalue weighted by Crippen LogP contribution is -2.23. The number of carbonyl (C=O) groups excluding carboxylic acids is 1. The Morgan fingerprint density at radius 3 is 2.69 bits per heavy atom. The monoisotopic (exact) mass is 385 g/mol. The molecule has 4 rings (SSSR count). The quantitative estimate of drug-likeness (QED) is 0.555. The van der Waals surface area contributed by atoms with Crippen LogP contribution in [0.4, 0.5) is 0 Å². The van der Waals surface area contributed by atoms with Gasteiger partial charge in [0, 0.05) is 30.5 Å². The summed E-state index contributed by atoms with van der Waals surface area (Å²) in [5, 5.41) is 8.22. The smallest absolute Gasteiger partial charge is 0.252 e. The van der Waals surface area contributed by atoms with Crippen molar-refractivity contribution in [2.75, 3.05) is 0 Å². The standard InChI is InChI=1S/C23H23N5O/c1-15(2)28-22-20(14-26-28)19(23(29)25-13-17-8-6-10-24-12-17)11-21(27-22)18-9-5-4-7-16(18)3/h4-12,14-15H,13H2,1-3H3,(H,25,29). The van der Waals surface area contributed by atoms with Crippen LogP contribution in [0.3, 0.4) is 0 Å². The van der Waals surface area contributed by atoms with E-state index in [-0.39, 0.29) is 11.9 Å². The molecule has 1 aromatic carbocycles. The van der Waals surface area contributed by atoms with E-state index in [2.05, 4.69) is 29.2 Å². The molecule has 0 aliphatic heterocycles. The summed E-state index contributed by atoms with van der Waals surface area (Å²) in [5.74, 6) is -0.153. The molecule has 0 fully saturated rings. The highest BCUT2D eigenvalue weighted by atomic mass is 16.1. The van der Waals surface area contributed by atoms with Crippen LogP contribution in [0.15, 0.2) is 61.1 Å². The Morgan fingerprint density at radius 2 is 1.97 bits per heavy atom. The minimum absolute atomic E-state index is 0.137. The number of benzene rings is 1. The van der Waals surface area contributed by atoms with Crippen LogP contribution in [0.5, 0.6) is 0 Å². The number of hydrogen-bond donors (Lipinski definition) is 1. The molecule has 0 unspecified atom stereocenters. The molecule has 1 N–H and O–H groups in total. The first kappa shape index (κ1) is 18.8. The molecule has 0 aliphatic carbocycles. The van der Waals surface area contributed by atoms with Gasteiger partial charge in [-0.15, -0.1) is 0 Å². The molecule has 0 saturated heterocycles. The van der Waals surface area contributed by atoms with Gasteiger partial charge < -0.3 is 5.32 Å². The van der Waals surface area contributed by atoms with E-state index in [1.807, 2.05) is 54.1 Å². The van der Waals surface area contributed by atoms with Gasteiger partial charge in [0.05, 0.1) is 22.8 Å². The van der Waals surface area contributed by atoms with Gasteiger partial charge in [0.15, 0.2) is 5.65 Å². The van der Waals surface area contributed by atoms with Crippen LogP contribution in [0.2, 0.25) is 0 Å². The average molecular weight is 385 g/mol. The molecule has 0 saturated carbocycles. The van der Waals surface area contributed by atoms with E-state index in [1.165, 1.54) is 0 Å². The lowest BCUT2D eigenvalue weighted by molar-refractivity contribution is 0.0952. The highest BCUT2D eigenvalue weighted by Crippen LogP contribution is 2.28. The highest BCUT2D eigenvalue weighted by Gasteiger charge is 2.19. The molecule has 3 heterocycles. The lowest BCUT2D eigenvalue weighted by atomic mass is 10.0. The lowest BCUT2D eigenvalue weighted by Gasteiger charge is -2.12. The number of pyridine rings is 2. The topological polar surface area (TPSA) is 72.7 Å². The molecule has 0 atom stereocenters. The van der Waals surface area contributed by atoms with E-state index in [0.717, 1.165) is 27.8 Å². The molecule has 0 radical (unpaired) electrons. The summed E-state index contributed by atoms with van der Waals surface area (Å²) in [6.45, 7) is 6.56. The summed E-state index contributed by atoms with van der Waals surface area (Å²) >= 11 is 0. The Balaban J connectivity index is 1.79. The van der Waals surface area contributed by atoms with Crippen LogP contribution in [-0.2, 0) is 6.54 Å². The molecule has 0 aliphatic rings. The van der Waals surface area contributed by atoms with Crippen LogP contribution in [0.25, 0.3) is 22.3 Å². The fraction of sp³-hybridized carbons (Fsp3) is 0.217. The number of aryl methyl sites for hydroxylation is 1. The van der Waals surface area contributed by atoms with E-state index in [0.29, 0.717) is 17.8 Å². The Bertz CT molecular complexity index is 1160. The Labute approximate surface area is 169 Å². The highest BCUT2D eigenvalue weighted by molar-refractivity contribution is 6.06. The predicted octanol–water partition coefficient (Wildman–Crippen LogP) is 4.31. The molecule has 29 heavy (non-hydrogen) atoms. The molecular formula is C23H23N5O. The van der Waals surface area contributed by atoms with Gasteiger partial charge in [-0.25, -0.2) is 9.67 Å². The number of hydrogen-bond acceptors (Lipinski definition) is 4. The van der Waals surface area contributed by atoms with Gasteiger partial charge in [0.1, 0.15) is 0 Å². The number of nitrogens with one attached hydrogen (secondary N) is 1. The number of aromatic nitrogens is 4. The first-order valence-corrected chi connectivity index (χ1v) is 9.66. The van der Waals surface area contributed by atoms with Crippen LogP contribution < -0.4 is 5.32 Å². The average Bonchev–Trinajstić information content (AvgIpc) is 3.17. The van der Waals surface area contributed by atoms with Crippen molar-refractivity contribution < 1.29 is 4.79 Å². The fourth-order valence-corrected chi connectivity index (χ4v) is 3.36. The SMILES string of the molecule is Cc1ccccc1-c1cc(C(=O)NCc2cccnc2)c2cnn(C(C)C)c2n1. The van der Waals surface area contributed by atoms with Gasteiger partial charge in [-0.1, -0.05) is 30.3 Å². The van der Waals surface area contributed by atoms with Gasteiger partial charge in [-0.05, 0) is 44.0 Å². The van der Waals surface area contributed by atoms with Crippen molar-refractivity contribution in [3.05, 3.63) is 77.7 Å². The number of rotatable bonds is 5. The van der Waals surface area contributed by atoms with Crippen molar-refractivity contribution in [3.8, 4) is 11.3 Å². The zero-order chi connectivity index (χ0) is 20.4. The first-order valence-electron chi connectivity index (χ1n) is 9.66. The van der Waals surface area contributed by atoms with Crippen LogP contribution in [0.1, 0.15) is 41.4 Å². The van der Waals surface area contributed by atoms with Gasteiger partial charge in [-0.2, -0.15) is 5.10 Å². The maximum absolute atomic E-state index is 13.1. The molecule has 0 bridgehead atoms. The number of amides is 1. The third-order valence-electron chi connectivity index (χ3n) is 4.90. The van der Waals surface area contributed by atoms with Crippen molar-refractivity contribution >= 4 is 16.9 Å². The summed E-state index contributed by atoms with van der Waals surface area (Å²) in [6, 6.07) is 13.8. The number of fused-ring (bicyclic) bond motifs is 1. The van der Waals surface area contributed by atoms with Crippen molar-refractivity contribution in [2.45, 2.75) is 33.4 Å². The fourth-order valence-electron chi connectivity index (χ4n) is 3.36. The molecule has 3 aromatic heterocycles. The summed E-state index contributed by atoms with van der Waals surface area (Å²) in [5.41, 5.74) is 5.12. The molecular weight excluding hydrogens is 362 g/mol. The van der Waals surface area contributed by atoms with E-state index in [1.54, 1.807) is 18.6 Å². The summed E-state index contributed by atoms with van der Waals surface area (Å²) < 4.78 is 1.86. The van der Waals surface area contributed by atoms with Crippen LogP contribution >= 0.6 is 0 Å². The first-order chi connectivity index (χ1) is 14.0. The summed E-state index contributed by atoms with van der Waals surface area (Å²) in [4.78, 5) is 22.0. The third kappa shape index (κ3) is 3.74. The zero-order valence-electron chi connectivity index (χ0n) is 16.8. The molecule has 1 amide bonds. The second kappa shape index (κ2) is 7.83. The number of nitrogens with zero attached hydrogens (tertiary/aromatic N) is 4. The summed E-state index contributed by atoms with van der Waals surface area (Å²) in [6.07, 6.45) is 5.19. The molecule has 146 valence electrons. The normalized spacial score (nSPS) is 11.2. The second-order valence-corrected chi connectivity index (χ2v) is 7.33. The van der Waals surface area contributed by atoms with E-state index in [4.69, 9.17) is 4.98 Å². The van der Waals surface area contributed by atoms with Gasteiger partial charge >= 0.3 is 0 Å². The van der Waals surface area contributed by atoms with Gasteiger partial charge in [0.25, 0.3) is 5.91 Å². The predicted molar refractivity (Wildman–Crippen MR) is 113 cm³/mol. The van der Waals surface area contributed by atoms with Crippen molar-refractivity contribution in [2.24, 2.45) is 0 Å². The van der Waals surface area contributed by atoms with E-state index in [9.17, 15) is 4.79 Å².